The first kappa shape index (κ1) is 12.5. The molecule has 0 aromatic carbocycles. The van der Waals surface area contributed by atoms with Crippen LogP contribution < -0.4 is 5.32 Å². The highest BCUT2D eigenvalue weighted by atomic mass is 16.2. The zero-order valence-electron chi connectivity index (χ0n) is 10.0. The summed E-state index contributed by atoms with van der Waals surface area (Å²) in [7, 11) is 0. The minimum Gasteiger partial charge on any atom is -0.396 e. The number of hydrogen-bond donors (Lipinski definition) is 3. The molecular weight excluding hydrogens is 232 g/mol. The molecule has 0 saturated heterocycles. The number of H-pyrrole nitrogens is 1. The lowest BCUT2D eigenvalue weighted by atomic mass is 10.2. The fourth-order valence-corrected chi connectivity index (χ4v) is 1.73. The lowest BCUT2D eigenvalue weighted by Gasteiger charge is -2.02. The van der Waals surface area contributed by atoms with Crippen molar-refractivity contribution in [3.8, 4) is 0 Å². The van der Waals surface area contributed by atoms with Gasteiger partial charge in [-0.05, 0) is 25.3 Å². The topological polar surface area (TPSA) is 90.9 Å². The van der Waals surface area contributed by atoms with Gasteiger partial charge in [0.1, 0.15) is 0 Å². The number of aromatic amines is 1. The summed E-state index contributed by atoms with van der Waals surface area (Å²) >= 11 is 0. The summed E-state index contributed by atoms with van der Waals surface area (Å²) in [4.78, 5) is 15.9. The van der Waals surface area contributed by atoms with Crippen molar-refractivity contribution in [2.24, 2.45) is 0 Å². The number of pyridine rings is 1. The average Bonchev–Trinajstić information content (AvgIpc) is 2.82. The second-order valence-corrected chi connectivity index (χ2v) is 4.03. The number of aromatic nitrogens is 3. The normalized spacial score (nSPS) is 10.7. The van der Waals surface area contributed by atoms with Crippen LogP contribution >= 0.6 is 0 Å². The Bertz CT molecular complexity index is 524. The van der Waals surface area contributed by atoms with Crippen LogP contribution in [0.15, 0.2) is 18.5 Å². The van der Waals surface area contributed by atoms with Gasteiger partial charge in [0.2, 0.25) is 0 Å². The van der Waals surface area contributed by atoms with Gasteiger partial charge in [-0.15, -0.1) is 0 Å². The SMILES string of the molecule is O=C(NCCCCCO)c1n[nH]c2ccncc12. The van der Waals surface area contributed by atoms with E-state index in [0.717, 1.165) is 30.2 Å². The van der Waals surface area contributed by atoms with Crippen LogP contribution in [0.1, 0.15) is 29.8 Å². The van der Waals surface area contributed by atoms with E-state index in [2.05, 4.69) is 20.5 Å². The van der Waals surface area contributed by atoms with Crippen LogP contribution in [0.5, 0.6) is 0 Å². The second-order valence-electron chi connectivity index (χ2n) is 4.03. The van der Waals surface area contributed by atoms with Crippen molar-refractivity contribution >= 4 is 16.8 Å². The fraction of sp³-hybridized carbons (Fsp3) is 0.417. The summed E-state index contributed by atoms with van der Waals surface area (Å²) in [5.74, 6) is -0.196. The molecule has 0 bridgehead atoms. The van der Waals surface area contributed by atoms with Crippen molar-refractivity contribution in [1.82, 2.24) is 20.5 Å². The molecule has 2 heterocycles. The maximum Gasteiger partial charge on any atom is 0.272 e. The van der Waals surface area contributed by atoms with Crippen LogP contribution in [0.2, 0.25) is 0 Å². The third-order valence-corrected chi connectivity index (χ3v) is 2.70. The number of fused-ring (bicyclic) bond motifs is 1. The van der Waals surface area contributed by atoms with Crippen molar-refractivity contribution in [3.05, 3.63) is 24.2 Å². The molecule has 96 valence electrons. The van der Waals surface area contributed by atoms with E-state index < -0.39 is 0 Å². The van der Waals surface area contributed by atoms with Crippen molar-refractivity contribution in [2.75, 3.05) is 13.2 Å². The standard InChI is InChI=1S/C12H16N4O2/c17-7-3-1-2-5-14-12(18)11-9-8-13-6-4-10(9)15-16-11/h4,6,8,17H,1-3,5,7H2,(H,14,18)(H,15,16). The van der Waals surface area contributed by atoms with Crippen molar-refractivity contribution in [1.29, 1.82) is 0 Å². The molecule has 0 fully saturated rings. The monoisotopic (exact) mass is 248 g/mol. The molecule has 0 unspecified atom stereocenters. The molecule has 0 aliphatic carbocycles. The molecule has 0 aliphatic heterocycles. The Hall–Kier alpha value is -1.95. The van der Waals surface area contributed by atoms with E-state index in [1.165, 1.54) is 0 Å². The van der Waals surface area contributed by atoms with Gasteiger partial charge in [-0.2, -0.15) is 5.10 Å². The van der Waals surface area contributed by atoms with E-state index in [9.17, 15) is 4.79 Å². The highest BCUT2D eigenvalue weighted by Crippen LogP contribution is 2.13. The summed E-state index contributed by atoms with van der Waals surface area (Å²) in [5.41, 5.74) is 1.18. The molecule has 2 aromatic heterocycles. The number of rotatable bonds is 6. The molecule has 6 nitrogen and oxygen atoms in total. The Balaban J connectivity index is 1.93. The van der Waals surface area contributed by atoms with Gasteiger partial charge >= 0.3 is 0 Å². The van der Waals surface area contributed by atoms with Gasteiger partial charge in [0, 0.05) is 25.5 Å². The highest BCUT2D eigenvalue weighted by Gasteiger charge is 2.13. The van der Waals surface area contributed by atoms with E-state index in [1.54, 1.807) is 18.5 Å². The number of aliphatic hydroxyl groups excluding tert-OH is 1. The Labute approximate surface area is 104 Å². The van der Waals surface area contributed by atoms with Crippen molar-refractivity contribution in [2.45, 2.75) is 19.3 Å². The summed E-state index contributed by atoms with van der Waals surface area (Å²) < 4.78 is 0. The van der Waals surface area contributed by atoms with E-state index in [4.69, 9.17) is 5.11 Å². The number of carbonyl (C=O) groups is 1. The van der Waals surface area contributed by atoms with Crippen LogP contribution in [0.25, 0.3) is 10.9 Å². The number of hydrogen-bond acceptors (Lipinski definition) is 4. The molecule has 0 spiro atoms. The van der Waals surface area contributed by atoms with Gasteiger partial charge in [-0.25, -0.2) is 0 Å². The Morgan fingerprint density at radius 2 is 2.28 bits per heavy atom. The second kappa shape index (κ2) is 6.11. The zero-order valence-corrected chi connectivity index (χ0v) is 10.0. The average molecular weight is 248 g/mol. The first-order chi connectivity index (χ1) is 8.83. The quantitative estimate of drug-likeness (QED) is 0.661. The fourth-order valence-electron chi connectivity index (χ4n) is 1.73. The zero-order chi connectivity index (χ0) is 12.8. The lowest BCUT2D eigenvalue weighted by Crippen LogP contribution is -2.25. The number of aliphatic hydroxyl groups is 1. The third-order valence-electron chi connectivity index (χ3n) is 2.70. The Kier molecular flexibility index (Phi) is 4.25. The summed E-state index contributed by atoms with van der Waals surface area (Å²) in [5, 5.41) is 19.0. The van der Waals surface area contributed by atoms with E-state index in [1.807, 2.05) is 0 Å². The van der Waals surface area contributed by atoms with Gasteiger partial charge in [-0.3, -0.25) is 14.9 Å². The molecular formula is C12H16N4O2. The predicted molar refractivity (Wildman–Crippen MR) is 67.2 cm³/mol. The number of unbranched alkanes of at least 4 members (excludes halogenated alkanes) is 2. The van der Waals surface area contributed by atoms with Crippen LogP contribution in [0.4, 0.5) is 0 Å². The van der Waals surface area contributed by atoms with Gasteiger partial charge in [0.05, 0.1) is 10.9 Å². The van der Waals surface area contributed by atoms with E-state index in [-0.39, 0.29) is 12.5 Å². The van der Waals surface area contributed by atoms with Gasteiger partial charge < -0.3 is 10.4 Å². The maximum atomic E-state index is 11.9. The minimum absolute atomic E-state index is 0.196. The molecule has 3 N–H and O–H groups in total. The van der Waals surface area contributed by atoms with Crippen LogP contribution in [0, 0.1) is 0 Å². The molecule has 0 saturated carbocycles. The van der Waals surface area contributed by atoms with Gasteiger partial charge in [-0.1, -0.05) is 0 Å². The molecule has 2 aromatic rings. The number of nitrogens with one attached hydrogen (secondary N) is 2. The van der Waals surface area contributed by atoms with Crippen molar-refractivity contribution in [3.63, 3.8) is 0 Å². The number of nitrogens with zero attached hydrogens (tertiary/aromatic N) is 2. The van der Waals surface area contributed by atoms with Gasteiger partial charge in [0.25, 0.3) is 5.91 Å². The number of carbonyl (C=O) groups excluding carboxylic acids is 1. The van der Waals surface area contributed by atoms with E-state index in [0.29, 0.717) is 12.2 Å². The largest absolute Gasteiger partial charge is 0.396 e. The summed E-state index contributed by atoms with van der Waals surface area (Å²) in [6.45, 7) is 0.789. The predicted octanol–water partition coefficient (Wildman–Crippen LogP) is 0.850. The maximum absolute atomic E-state index is 11.9. The van der Waals surface area contributed by atoms with E-state index >= 15 is 0 Å². The summed E-state index contributed by atoms with van der Waals surface area (Å²) in [6.07, 6.45) is 5.80. The lowest BCUT2D eigenvalue weighted by molar-refractivity contribution is 0.0949. The molecule has 2 rings (SSSR count). The molecule has 0 atom stereocenters. The molecule has 0 aliphatic rings. The first-order valence-electron chi connectivity index (χ1n) is 6.00. The molecule has 0 radical (unpaired) electrons. The molecule has 1 amide bonds. The highest BCUT2D eigenvalue weighted by molar-refractivity contribution is 6.04. The third kappa shape index (κ3) is 2.84. The Morgan fingerprint density at radius 3 is 3.11 bits per heavy atom. The minimum atomic E-state index is -0.196. The van der Waals surface area contributed by atoms with Crippen LogP contribution in [0.3, 0.4) is 0 Å². The molecule has 18 heavy (non-hydrogen) atoms. The smallest absolute Gasteiger partial charge is 0.272 e. The number of amides is 1. The van der Waals surface area contributed by atoms with Gasteiger partial charge in [0.15, 0.2) is 5.69 Å². The van der Waals surface area contributed by atoms with Crippen LogP contribution in [-0.2, 0) is 0 Å². The summed E-state index contributed by atoms with van der Waals surface area (Å²) in [6, 6.07) is 1.78. The molecule has 6 heteroatoms. The first-order valence-corrected chi connectivity index (χ1v) is 6.00. The van der Waals surface area contributed by atoms with Crippen molar-refractivity contribution < 1.29 is 9.90 Å². The van der Waals surface area contributed by atoms with Crippen LogP contribution in [-0.4, -0.2) is 39.3 Å². The Morgan fingerprint density at radius 1 is 1.39 bits per heavy atom.